The summed E-state index contributed by atoms with van der Waals surface area (Å²) >= 11 is 0. The van der Waals surface area contributed by atoms with Crippen LogP contribution in [0.2, 0.25) is 0 Å². The molecule has 2 aromatic rings. The van der Waals surface area contributed by atoms with E-state index >= 15 is 0 Å². The first-order chi connectivity index (χ1) is 12.7. The van der Waals surface area contributed by atoms with Crippen molar-refractivity contribution in [3.05, 3.63) is 53.5 Å². The van der Waals surface area contributed by atoms with E-state index in [-0.39, 0.29) is 17.9 Å². The van der Waals surface area contributed by atoms with Gasteiger partial charge in [-0.15, -0.1) is 0 Å². The number of furan rings is 1. The molecule has 0 saturated heterocycles. The second-order valence-electron chi connectivity index (χ2n) is 6.26. The lowest BCUT2D eigenvalue weighted by Gasteiger charge is -2.10. The van der Waals surface area contributed by atoms with E-state index in [1.807, 2.05) is 13.8 Å². The number of aryl methyl sites for hydroxylation is 1. The van der Waals surface area contributed by atoms with E-state index in [9.17, 15) is 18.0 Å². The molecule has 27 heavy (non-hydrogen) atoms. The number of carbonyl (C=O) groups excluding carboxylic acids is 2. The van der Waals surface area contributed by atoms with Crippen molar-refractivity contribution >= 4 is 21.8 Å². The molecule has 0 aliphatic carbocycles. The molecule has 0 saturated carbocycles. The topological polar surface area (TPSA) is 118 Å². The van der Waals surface area contributed by atoms with Crippen molar-refractivity contribution in [2.75, 3.05) is 6.54 Å². The second kappa shape index (κ2) is 8.83. The standard InChI is InChI=1S/C18H23N3O5S/c1-12(2)14-4-6-15(7-5-14)27(24,25)19-10-8-17(22)20-21-18(23)16-9-11-26-13(16)3/h4-7,9,11-12,19H,8,10H2,1-3H3,(H,20,22)(H,21,23). The SMILES string of the molecule is Cc1occc1C(=O)NNC(=O)CCNS(=O)(=O)c1ccc(C(C)C)cc1. The molecule has 0 aliphatic rings. The van der Waals surface area contributed by atoms with E-state index in [0.717, 1.165) is 5.56 Å². The van der Waals surface area contributed by atoms with E-state index < -0.39 is 21.8 Å². The quantitative estimate of drug-likeness (QED) is 0.621. The second-order valence-corrected chi connectivity index (χ2v) is 8.03. The minimum absolute atomic E-state index is 0.0965. The van der Waals surface area contributed by atoms with Crippen LogP contribution in [0.15, 0.2) is 45.9 Å². The molecule has 146 valence electrons. The third-order valence-corrected chi connectivity index (χ3v) is 5.40. The molecule has 1 aromatic carbocycles. The summed E-state index contributed by atoms with van der Waals surface area (Å²) in [6.45, 7) is 5.57. The molecule has 2 rings (SSSR count). The van der Waals surface area contributed by atoms with Crippen LogP contribution in [-0.4, -0.2) is 26.8 Å². The van der Waals surface area contributed by atoms with Gasteiger partial charge < -0.3 is 4.42 Å². The van der Waals surface area contributed by atoms with Gasteiger partial charge in [-0.1, -0.05) is 26.0 Å². The molecule has 0 radical (unpaired) electrons. The zero-order chi connectivity index (χ0) is 20.0. The monoisotopic (exact) mass is 393 g/mol. The Bertz CT molecular complexity index is 901. The van der Waals surface area contributed by atoms with Crippen molar-refractivity contribution in [2.45, 2.75) is 38.0 Å². The highest BCUT2D eigenvalue weighted by Crippen LogP contribution is 2.17. The molecular formula is C18H23N3O5S. The first kappa shape index (κ1) is 20.7. The lowest BCUT2D eigenvalue weighted by Crippen LogP contribution is -2.42. The van der Waals surface area contributed by atoms with Gasteiger partial charge in [0.2, 0.25) is 15.9 Å². The van der Waals surface area contributed by atoms with Gasteiger partial charge in [0, 0.05) is 13.0 Å². The van der Waals surface area contributed by atoms with Crippen molar-refractivity contribution < 1.29 is 22.4 Å². The smallest absolute Gasteiger partial charge is 0.273 e. The van der Waals surface area contributed by atoms with Crippen LogP contribution in [0.3, 0.4) is 0 Å². The van der Waals surface area contributed by atoms with E-state index in [0.29, 0.717) is 17.2 Å². The van der Waals surface area contributed by atoms with Gasteiger partial charge in [0.1, 0.15) is 5.76 Å². The number of hydrazine groups is 1. The van der Waals surface area contributed by atoms with Gasteiger partial charge in [0.25, 0.3) is 5.91 Å². The Labute approximate surface area is 158 Å². The molecule has 2 amide bonds. The first-order valence-corrected chi connectivity index (χ1v) is 9.92. The molecule has 0 fully saturated rings. The Hall–Kier alpha value is -2.65. The molecule has 1 heterocycles. The minimum atomic E-state index is -3.70. The zero-order valence-corrected chi connectivity index (χ0v) is 16.2. The molecule has 1 aromatic heterocycles. The normalized spacial score (nSPS) is 11.4. The molecule has 0 unspecified atom stereocenters. The molecule has 0 bridgehead atoms. The first-order valence-electron chi connectivity index (χ1n) is 8.43. The number of carbonyl (C=O) groups is 2. The fraction of sp³-hybridized carbons (Fsp3) is 0.333. The predicted molar refractivity (Wildman–Crippen MR) is 99.4 cm³/mol. The highest BCUT2D eigenvalue weighted by atomic mass is 32.2. The number of hydrogen-bond acceptors (Lipinski definition) is 5. The minimum Gasteiger partial charge on any atom is -0.469 e. The van der Waals surface area contributed by atoms with Gasteiger partial charge in [-0.05, 0) is 36.6 Å². The number of benzene rings is 1. The fourth-order valence-corrected chi connectivity index (χ4v) is 3.32. The third kappa shape index (κ3) is 5.66. The van der Waals surface area contributed by atoms with Crippen molar-refractivity contribution in [1.82, 2.24) is 15.6 Å². The summed E-state index contributed by atoms with van der Waals surface area (Å²) in [6, 6.07) is 8.07. The van der Waals surface area contributed by atoms with Crippen LogP contribution in [0.1, 0.15) is 47.9 Å². The maximum atomic E-state index is 12.2. The van der Waals surface area contributed by atoms with Gasteiger partial charge in [-0.3, -0.25) is 20.4 Å². The van der Waals surface area contributed by atoms with Crippen molar-refractivity contribution in [1.29, 1.82) is 0 Å². The van der Waals surface area contributed by atoms with E-state index in [1.165, 1.54) is 24.5 Å². The number of sulfonamides is 1. The summed E-state index contributed by atoms with van der Waals surface area (Å²) in [4.78, 5) is 23.7. The molecule has 9 heteroatoms. The van der Waals surface area contributed by atoms with Crippen molar-refractivity contribution in [3.8, 4) is 0 Å². The average Bonchev–Trinajstić information content (AvgIpc) is 3.05. The van der Waals surface area contributed by atoms with Gasteiger partial charge in [0.15, 0.2) is 0 Å². The summed E-state index contributed by atoms with van der Waals surface area (Å²) < 4.78 is 31.8. The third-order valence-electron chi connectivity index (χ3n) is 3.92. The maximum absolute atomic E-state index is 12.2. The molecule has 3 N–H and O–H groups in total. The largest absolute Gasteiger partial charge is 0.469 e. The number of nitrogens with one attached hydrogen (secondary N) is 3. The summed E-state index contributed by atoms with van der Waals surface area (Å²) in [6.07, 6.45) is 1.24. The zero-order valence-electron chi connectivity index (χ0n) is 15.4. The molecule has 0 atom stereocenters. The lowest BCUT2D eigenvalue weighted by molar-refractivity contribution is -0.121. The number of amides is 2. The van der Waals surface area contributed by atoms with E-state index in [1.54, 1.807) is 19.1 Å². The molecule has 8 nitrogen and oxygen atoms in total. The van der Waals surface area contributed by atoms with Crippen LogP contribution >= 0.6 is 0 Å². The Balaban J connectivity index is 1.79. The Morgan fingerprint density at radius 3 is 2.30 bits per heavy atom. The van der Waals surface area contributed by atoms with Gasteiger partial charge in [-0.2, -0.15) is 0 Å². The van der Waals surface area contributed by atoms with E-state index in [2.05, 4.69) is 15.6 Å². The summed E-state index contributed by atoms with van der Waals surface area (Å²) in [7, 11) is -3.70. The van der Waals surface area contributed by atoms with Crippen LogP contribution in [0.4, 0.5) is 0 Å². The Morgan fingerprint density at radius 1 is 1.07 bits per heavy atom. The van der Waals surface area contributed by atoms with Crippen LogP contribution in [-0.2, 0) is 14.8 Å². The average molecular weight is 393 g/mol. The summed E-state index contributed by atoms with van der Waals surface area (Å²) in [5.41, 5.74) is 5.82. The van der Waals surface area contributed by atoms with Crippen LogP contribution in [0, 0.1) is 6.92 Å². The van der Waals surface area contributed by atoms with Crippen molar-refractivity contribution in [2.24, 2.45) is 0 Å². The van der Waals surface area contributed by atoms with Gasteiger partial charge in [-0.25, -0.2) is 13.1 Å². The van der Waals surface area contributed by atoms with Crippen LogP contribution in [0.5, 0.6) is 0 Å². The highest BCUT2D eigenvalue weighted by molar-refractivity contribution is 7.89. The van der Waals surface area contributed by atoms with Gasteiger partial charge in [0.05, 0.1) is 16.7 Å². The Morgan fingerprint density at radius 2 is 1.74 bits per heavy atom. The summed E-state index contributed by atoms with van der Waals surface area (Å²) in [5, 5.41) is 0. The van der Waals surface area contributed by atoms with Crippen LogP contribution in [0.25, 0.3) is 0 Å². The lowest BCUT2D eigenvalue weighted by atomic mass is 10.0. The fourth-order valence-electron chi connectivity index (χ4n) is 2.29. The molecule has 0 aliphatic heterocycles. The number of hydrogen-bond donors (Lipinski definition) is 3. The highest BCUT2D eigenvalue weighted by Gasteiger charge is 2.15. The molecular weight excluding hydrogens is 370 g/mol. The molecule has 0 spiro atoms. The van der Waals surface area contributed by atoms with E-state index in [4.69, 9.17) is 4.42 Å². The Kier molecular flexibility index (Phi) is 6.75. The number of rotatable bonds is 7. The predicted octanol–water partition coefficient (Wildman–Crippen LogP) is 1.84. The maximum Gasteiger partial charge on any atom is 0.273 e. The van der Waals surface area contributed by atoms with Gasteiger partial charge >= 0.3 is 0 Å². The van der Waals surface area contributed by atoms with Crippen LogP contribution < -0.4 is 15.6 Å². The van der Waals surface area contributed by atoms with Crippen molar-refractivity contribution in [3.63, 3.8) is 0 Å². The summed E-state index contributed by atoms with van der Waals surface area (Å²) in [5.74, 6) is -0.305.